The predicted octanol–water partition coefficient (Wildman–Crippen LogP) is 6.29. The lowest BCUT2D eigenvalue weighted by Crippen LogP contribution is -2.44. The molecule has 1 aliphatic carbocycles. The Morgan fingerprint density at radius 1 is 0.929 bits per heavy atom. The second-order valence-corrected chi connectivity index (χ2v) is 12.0. The normalized spacial score (nSPS) is 16.8. The van der Waals surface area contributed by atoms with E-state index in [1.165, 1.54) is 11.1 Å². The highest BCUT2D eigenvalue weighted by atomic mass is 79.9. The van der Waals surface area contributed by atoms with Gasteiger partial charge in [0.15, 0.2) is 0 Å². The first-order valence-corrected chi connectivity index (χ1v) is 15.3. The van der Waals surface area contributed by atoms with Gasteiger partial charge in [-0.25, -0.2) is 14.8 Å². The van der Waals surface area contributed by atoms with Crippen LogP contribution in [0.4, 0.5) is 22.1 Å². The van der Waals surface area contributed by atoms with Crippen molar-refractivity contribution in [1.82, 2.24) is 19.8 Å². The average molecular weight is 627 g/mol. The Bertz CT molecular complexity index is 1520. The zero-order chi connectivity index (χ0) is 28.9. The van der Waals surface area contributed by atoms with Crippen LogP contribution in [0.3, 0.4) is 0 Å². The first kappa shape index (κ1) is 28.3. The Balaban J connectivity index is 1.09. The van der Waals surface area contributed by atoms with Gasteiger partial charge in [-0.15, -0.1) is 0 Å². The van der Waals surface area contributed by atoms with Crippen molar-refractivity contribution in [3.63, 3.8) is 0 Å². The number of nitrogens with one attached hydrogen (secondary N) is 3. The molecule has 9 heteroatoms. The fraction of sp³-hybridized carbons (Fsp3) is 0.303. The van der Waals surface area contributed by atoms with E-state index in [1.54, 1.807) is 0 Å². The van der Waals surface area contributed by atoms with E-state index in [0.717, 1.165) is 84.8 Å². The summed E-state index contributed by atoms with van der Waals surface area (Å²) in [5.74, 6) is 0.877. The van der Waals surface area contributed by atoms with E-state index in [1.807, 2.05) is 42.6 Å². The van der Waals surface area contributed by atoms with E-state index in [9.17, 15) is 4.79 Å². The average Bonchev–Trinajstić information content (AvgIpc) is 3.01. The Kier molecular flexibility index (Phi) is 8.79. The third kappa shape index (κ3) is 6.81. The summed E-state index contributed by atoms with van der Waals surface area (Å²) in [4.78, 5) is 27.1. The highest BCUT2D eigenvalue weighted by Gasteiger charge is 2.27. The van der Waals surface area contributed by atoms with Gasteiger partial charge in [0, 0.05) is 66.2 Å². The lowest BCUT2D eigenvalue weighted by atomic mass is 9.78. The molecule has 1 fully saturated rings. The molecular weight excluding hydrogens is 590 g/mol. The minimum atomic E-state index is -0.275. The summed E-state index contributed by atoms with van der Waals surface area (Å²) < 4.78 is 0.965. The molecule has 6 rings (SSSR count). The molecule has 216 valence electrons. The molecule has 8 nitrogen and oxygen atoms in total. The maximum absolute atomic E-state index is 12.5. The number of halogens is 1. The smallest absolute Gasteiger partial charge is 0.323 e. The first-order chi connectivity index (χ1) is 20.5. The summed E-state index contributed by atoms with van der Waals surface area (Å²) in [5.41, 5.74) is 7.25. The third-order valence-electron chi connectivity index (χ3n) is 8.08. The van der Waals surface area contributed by atoms with Crippen LogP contribution in [0.5, 0.6) is 0 Å². The standard InChI is InChI=1S/C33H36BrN7O/c1-40-17-19-41(20-18-40)16-4-15-35-32-36-22-24-21-30(28-5-2-3-6-29(28)31(24)39-32)23-7-11-26(12-8-23)37-33(42)38-27-13-9-25(34)10-14-27/h2-3,5-14,22,30H,4,15-21H2,1H3,(H,35,36,39)(H2,37,38,42). The topological polar surface area (TPSA) is 85.4 Å². The SMILES string of the molecule is CN1CCN(CCCNc2ncc3c(n2)-c2ccccc2C(c2ccc(NC(=O)Nc4ccc(Br)cc4)cc2)C3)CC1. The summed E-state index contributed by atoms with van der Waals surface area (Å²) in [6.07, 6.45) is 3.88. The van der Waals surface area contributed by atoms with Gasteiger partial charge in [0.1, 0.15) is 0 Å². The summed E-state index contributed by atoms with van der Waals surface area (Å²) in [6, 6.07) is 23.9. The first-order valence-electron chi connectivity index (χ1n) is 14.6. The number of fused-ring (bicyclic) bond motifs is 3. The van der Waals surface area contributed by atoms with Crippen molar-refractivity contribution < 1.29 is 4.79 Å². The van der Waals surface area contributed by atoms with E-state index < -0.39 is 0 Å². The number of rotatable bonds is 8. The van der Waals surface area contributed by atoms with Crippen molar-refractivity contribution in [1.29, 1.82) is 0 Å². The van der Waals surface area contributed by atoms with Gasteiger partial charge in [0.2, 0.25) is 5.95 Å². The van der Waals surface area contributed by atoms with Crippen LogP contribution >= 0.6 is 15.9 Å². The van der Waals surface area contributed by atoms with Crippen LogP contribution in [0.25, 0.3) is 11.3 Å². The van der Waals surface area contributed by atoms with Gasteiger partial charge >= 0.3 is 6.03 Å². The number of carbonyl (C=O) groups is 1. The van der Waals surface area contributed by atoms with E-state index >= 15 is 0 Å². The molecule has 0 saturated carbocycles. The zero-order valence-electron chi connectivity index (χ0n) is 23.8. The van der Waals surface area contributed by atoms with Crippen LogP contribution in [0, 0.1) is 0 Å². The molecule has 2 amide bonds. The maximum Gasteiger partial charge on any atom is 0.323 e. The van der Waals surface area contributed by atoms with E-state index in [2.05, 4.69) is 90.1 Å². The van der Waals surface area contributed by atoms with Crippen molar-refractivity contribution in [2.75, 3.05) is 62.3 Å². The van der Waals surface area contributed by atoms with Crippen molar-refractivity contribution in [2.45, 2.75) is 18.8 Å². The number of benzene rings is 3. The largest absolute Gasteiger partial charge is 0.354 e. The number of amides is 2. The summed E-state index contributed by atoms with van der Waals surface area (Å²) in [5, 5.41) is 9.24. The molecule has 4 aromatic rings. The molecule has 0 bridgehead atoms. The quantitative estimate of drug-likeness (QED) is 0.200. The molecule has 1 aliphatic heterocycles. The Labute approximate surface area is 255 Å². The number of likely N-dealkylation sites (N-methyl/N-ethyl adjacent to an activating group) is 1. The number of nitrogens with zero attached hydrogens (tertiary/aromatic N) is 4. The number of carbonyl (C=O) groups excluding carboxylic acids is 1. The molecule has 1 saturated heterocycles. The Morgan fingerprint density at radius 2 is 1.62 bits per heavy atom. The van der Waals surface area contributed by atoms with Crippen molar-refractivity contribution >= 4 is 39.3 Å². The fourth-order valence-corrected chi connectivity index (χ4v) is 5.98. The molecule has 1 atom stereocenters. The second kappa shape index (κ2) is 13.0. The van der Waals surface area contributed by atoms with Crippen molar-refractivity contribution in [3.8, 4) is 11.3 Å². The number of hydrogen-bond acceptors (Lipinski definition) is 6. The molecule has 3 aromatic carbocycles. The summed E-state index contributed by atoms with van der Waals surface area (Å²) in [6.45, 7) is 6.54. The predicted molar refractivity (Wildman–Crippen MR) is 173 cm³/mol. The van der Waals surface area contributed by atoms with Gasteiger partial charge in [0.25, 0.3) is 0 Å². The van der Waals surface area contributed by atoms with Gasteiger partial charge < -0.3 is 25.8 Å². The molecule has 2 heterocycles. The monoisotopic (exact) mass is 625 g/mol. The molecule has 42 heavy (non-hydrogen) atoms. The molecule has 0 radical (unpaired) electrons. The van der Waals surface area contributed by atoms with Gasteiger partial charge in [0.05, 0.1) is 5.69 Å². The fourth-order valence-electron chi connectivity index (χ4n) is 5.72. The van der Waals surface area contributed by atoms with Crippen LogP contribution in [0.1, 0.15) is 29.0 Å². The molecule has 0 spiro atoms. The number of piperazine rings is 1. The van der Waals surface area contributed by atoms with Gasteiger partial charge in [-0.3, -0.25) is 0 Å². The van der Waals surface area contributed by atoms with Crippen molar-refractivity contribution in [2.24, 2.45) is 0 Å². The maximum atomic E-state index is 12.5. The highest BCUT2D eigenvalue weighted by Crippen LogP contribution is 2.42. The molecule has 3 N–H and O–H groups in total. The molecule has 1 aromatic heterocycles. The number of aromatic nitrogens is 2. The third-order valence-corrected chi connectivity index (χ3v) is 8.61. The van der Waals surface area contributed by atoms with Gasteiger partial charge in [-0.1, -0.05) is 52.3 Å². The number of anilines is 3. The minimum absolute atomic E-state index is 0.185. The van der Waals surface area contributed by atoms with Crippen LogP contribution < -0.4 is 16.0 Å². The Morgan fingerprint density at radius 3 is 2.36 bits per heavy atom. The van der Waals surface area contributed by atoms with Gasteiger partial charge in [-0.2, -0.15) is 0 Å². The van der Waals surface area contributed by atoms with Crippen LogP contribution in [0.15, 0.2) is 83.5 Å². The molecule has 1 unspecified atom stereocenters. The lowest BCUT2D eigenvalue weighted by Gasteiger charge is -2.32. The summed E-state index contributed by atoms with van der Waals surface area (Å²) in [7, 11) is 2.19. The number of hydrogen-bond donors (Lipinski definition) is 3. The summed E-state index contributed by atoms with van der Waals surface area (Å²) >= 11 is 3.41. The van der Waals surface area contributed by atoms with Crippen LogP contribution in [-0.4, -0.2) is 72.1 Å². The molecule has 2 aliphatic rings. The minimum Gasteiger partial charge on any atom is -0.354 e. The van der Waals surface area contributed by atoms with Gasteiger partial charge in [-0.05, 0) is 79.5 Å². The highest BCUT2D eigenvalue weighted by molar-refractivity contribution is 9.10. The van der Waals surface area contributed by atoms with Crippen LogP contribution in [0.2, 0.25) is 0 Å². The van der Waals surface area contributed by atoms with Crippen LogP contribution in [-0.2, 0) is 6.42 Å². The Hall–Kier alpha value is -3.79. The number of urea groups is 1. The van der Waals surface area contributed by atoms with E-state index in [0.29, 0.717) is 5.95 Å². The van der Waals surface area contributed by atoms with E-state index in [4.69, 9.17) is 4.98 Å². The van der Waals surface area contributed by atoms with Crippen molar-refractivity contribution in [3.05, 3.63) is 100 Å². The second-order valence-electron chi connectivity index (χ2n) is 11.0. The van der Waals surface area contributed by atoms with E-state index in [-0.39, 0.29) is 11.9 Å². The lowest BCUT2D eigenvalue weighted by molar-refractivity contribution is 0.154. The molecular formula is C33H36BrN7O. The zero-order valence-corrected chi connectivity index (χ0v) is 25.4.